The molecule has 0 amide bonds. The van der Waals surface area contributed by atoms with Crippen molar-refractivity contribution in [3.63, 3.8) is 0 Å². The Kier molecular flexibility index (Phi) is 10.7. The van der Waals surface area contributed by atoms with Crippen LogP contribution in [0, 0.1) is 0 Å². The molecule has 0 atom stereocenters. The van der Waals surface area contributed by atoms with Crippen LogP contribution in [0.1, 0.15) is 113 Å². The van der Waals surface area contributed by atoms with E-state index in [1.165, 1.54) is 109 Å². The van der Waals surface area contributed by atoms with Gasteiger partial charge in [0.1, 0.15) is 11.5 Å². The van der Waals surface area contributed by atoms with Crippen LogP contribution in [0.2, 0.25) is 0 Å². The third-order valence-corrected chi connectivity index (χ3v) is 10.7. The highest BCUT2D eigenvalue weighted by molar-refractivity contribution is 9.10. The highest BCUT2D eigenvalue weighted by Crippen LogP contribution is 2.65. The predicted octanol–water partition coefficient (Wildman–Crippen LogP) is 13.0. The van der Waals surface area contributed by atoms with Crippen molar-refractivity contribution >= 4 is 31.9 Å². The largest absolute Gasteiger partial charge is 0.494 e. The number of halogens is 2. The average molecular weight is 731 g/mol. The van der Waals surface area contributed by atoms with Gasteiger partial charge in [0.25, 0.3) is 0 Å². The standard InChI is InChI=1S/C41H46Br2O2/c1-3-5-7-9-11-13-24-44-31-20-23-36-35(28-31)34-16-15-17-39(45-25-14-12-10-8-6-4-2)40(34)41(36)37-26-29(42)18-21-32(37)33-22-19-30(43)27-38(33)41/h15-23,26-28H,3-14,24-25H2,1-2H3. The van der Waals surface area contributed by atoms with Crippen LogP contribution in [-0.4, -0.2) is 13.2 Å². The highest BCUT2D eigenvalue weighted by atomic mass is 79.9. The normalized spacial score (nSPS) is 13.4. The van der Waals surface area contributed by atoms with Gasteiger partial charge in [0, 0.05) is 14.5 Å². The SMILES string of the molecule is CCCCCCCCOc1ccc2c(c1)-c1cccc(OCCCCCCCC)c1C21c2cc(Br)ccc2-c2ccc(Br)cc21. The van der Waals surface area contributed by atoms with Crippen molar-refractivity contribution in [2.24, 2.45) is 0 Å². The van der Waals surface area contributed by atoms with Gasteiger partial charge in [0.05, 0.1) is 18.6 Å². The van der Waals surface area contributed by atoms with Gasteiger partial charge < -0.3 is 9.47 Å². The second kappa shape index (κ2) is 14.9. The quantitative estimate of drug-likeness (QED) is 0.0923. The Balaban J connectivity index is 1.40. The summed E-state index contributed by atoms with van der Waals surface area (Å²) < 4.78 is 15.3. The molecule has 4 aromatic rings. The summed E-state index contributed by atoms with van der Waals surface area (Å²) in [5.41, 5.74) is 9.76. The molecule has 0 heterocycles. The zero-order valence-corrected chi connectivity index (χ0v) is 30.1. The van der Waals surface area contributed by atoms with Crippen LogP contribution < -0.4 is 9.47 Å². The van der Waals surface area contributed by atoms with Crippen molar-refractivity contribution in [1.82, 2.24) is 0 Å². The summed E-state index contributed by atoms with van der Waals surface area (Å²) in [5, 5.41) is 0. The second-order valence-corrected chi connectivity index (χ2v) is 14.6. The third kappa shape index (κ3) is 6.39. The minimum atomic E-state index is -0.474. The van der Waals surface area contributed by atoms with Crippen LogP contribution in [0.15, 0.2) is 81.7 Å². The van der Waals surface area contributed by atoms with Crippen LogP contribution in [-0.2, 0) is 5.41 Å². The van der Waals surface area contributed by atoms with Gasteiger partial charge >= 0.3 is 0 Å². The van der Waals surface area contributed by atoms with Crippen molar-refractivity contribution in [3.8, 4) is 33.8 Å². The maximum Gasteiger partial charge on any atom is 0.124 e. The van der Waals surface area contributed by atoms with E-state index in [0.29, 0.717) is 0 Å². The molecule has 0 aliphatic heterocycles. The monoisotopic (exact) mass is 728 g/mol. The number of fused-ring (bicyclic) bond motifs is 10. The summed E-state index contributed by atoms with van der Waals surface area (Å²) in [4.78, 5) is 0. The van der Waals surface area contributed by atoms with Crippen LogP contribution >= 0.6 is 31.9 Å². The fourth-order valence-corrected chi connectivity index (χ4v) is 8.25. The van der Waals surface area contributed by atoms with Gasteiger partial charge in [-0.05, 0) is 94.3 Å². The van der Waals surface area contributed by atoms with Crippen molar-refractivity contribution in [2.75, 3.05) is 13.2 Å². The third-order valence-electron chi connectivity index (χ3n) is 9.67. The van der Waals surface area contributed by atoms with Crippen molar-refractivity contribution in [1.29, 1.82) is 0 Å². The van der Waals surface area contributed by atoms with E-state index in [2.05, 4.69) is 119 Å². The second-order valence-electron chi connectivity index (χ2n) is 12.7. The van der Waals surface area contributed by atoms with Gasteiger partial charge in [-0.15, -0.1) is 0 Å². The van der Waals surface area contributed by atoms with Crippen LogP contribution in [0.25, 0.3) is 22.3 Å². The number of unbranched alkanes of at least 4 members (excludes halogenated alkanes) is 10. The Morgan fingerprint density at radius 1 is 0.511 bits per heavy atom. The molecule has 45 heavy (non-hydrogen) atoms. The molecular formula is C41H46Br2O2. The minimum Gasteiger partial charge on any atom is -0.494 e. The first-order valence-electron chi connectivity index (χ1n) is 17.2. The van der Waals surface area contributed by atoms with Crippen LogP contribution in [0.4, 0.5) is 0 Å². The maximum atomic E-state index is 6.76. The first-order chi connectivity index (χ1) is 22.1. The van der Waals surface area contributed by atoms with Crippen molar-refractivity contribution in [3.05, 3.63) is 104 Å². The number of hydrogen-bond donors (Lipinski definition) is 0. The number of benzene rings is 4. The van der Waals surface area contributed by atoms with E-state index in [1.54, 1.807) is 0 Å². The van der Waals surface area contributed by atoms with Crippen molar-refractivity contribution in [2.45, 2.75) is 96.3 Å². The molecule has 0 N–H and O–H groups in total. The molecule has 1 spiro atoms. The Morgan fingerprint density at radius 3 is 1.71 bits per heavy atom. The minimum absolute atomic E-state index is 0.474. The molecule has 0 radical (unpaired) electrons. The van der Waals surface area contributed by atoms with E-state index in [-0.39, 0.29) is 0 Å². The lowest BCUT2D eigenvalue weighted by Gasteiger charge is -2.32. The Morgan fingerprint density at radius 2 is 1.09 bits per heavy atom. The summed E-state index contributed by atoms with van der Waals surface area (Å²) in [6.07, 6.45) is 15.0. The maximum absolute atomic E-state index is 6.76. The predicted molar refractivity (Wildman–Crippen MR) is 196 cm³/mol. The fraction of sp³-hybridized carbons (Fsp3) is 0.415. The molecular weight excluding hydrogens is 684 g/mol. The number of hydrogen-bond acceptors (Lipinski definition) is 2. The molecule has 4 heteroatoms. The van der Waals surface area contributed by atoms with E-state index in [9.17, 15) is 0 Å². The van der Waals surface area contributed by atoms with E-state index in [1.807, 2.05) is 0 Å². The average Bonchev–Trinajstić information content (AvgIpc) is 3.50. The molecule has 0 aromatic heterocycles. The lowest BCUT2D eigenvalue weighted by molar-refractivity contribution is 0.300. The van der Waals surface area contributed by atoms with E-state index in [0.717, 1.165) is 46.5 Å². The Bertz CT molecular complexity index is 1570. The van der Waals surface area contributed by atoms with E-state index < -0.39 is 5.41 Å². The van der Waals surface area contributed by atoms with Gasteiger partial charge in [-0.25, -0.2) is 0 Å². The number of rotatable bonds is 16. The molecule has 0 bridgehead atoms. The molecule has 0 saturated heterocycles. The summed E-state index contributed by atoms with van der Waals surface area (Å²) in [5.74, 6) is 1.94. The fourth-order valence-electron chi connectivity index (χ4n) is 7.53. The zero-order chi connectivity index (χ0) is 31.2. The highest BCUT2D eigenvalue weighted by Gasteiger charge is 2.53. The molecule has 4 aromatic carbocycles. The smallest absolute Gasteiger partial charge is 0.124 e. The number of ether oxygens (including phenoxy) is 2. The lowest BCUT2D eigenvalue weighted by Crippen LogP contribution is -2.27. The molecule has 2 nitrogen and oxygen atoms in total. The van der Waals surface area contributed by atoms with Crippen LogP contribution in [0.3, 0.4) is 0 Å². The lowest BCUT2D eigenvalue weighted by atomic mass is 9.70. The van der Waals surface area contributed by atoms with Gasteiger partial charge in [-0.1, -0.05) is 140 Å². The van der Waals surface area contributed by atoms with Gasteiger partial charge in [-0.2, -0.15) is 0 Å². The molecule has 236 valence electrons. The van der Waals surface area contributed by atoms with E-state index in [4.69, 9.17) is 9.47 Å². The zero-order valence-electron chi connectivity index (χ0n) is 26.9. The van der Waals surface area contributed by atoms with Crippen LogP contribution in [0.5, 0.6) is 11.5 Å². The first-order valence-corrected chi connectivity index (χ1v) is 18.8. The Hall–Kier alpha value is -2.56. The van der Waals surface area contributed by atoms with Gasteiger partial charge in [-0.3, -0.25) is 0 Å². The summed E-state index contributed by atoms with van der Waals surface area (Å²) >= 11 is 7.67. The molecule has 0 unspecified atom stereocenters. The van der Waals surface area contributed by atoms with Gasteiger partial charge in [0.2, 0.25) is 0 Å². The first kappa shape index (κ1) is 32.4. The van der Waals surface area contributed by atoms with Crippen molar-refractivity contribution < 1.29 is 9.47 Å². The van der Waals surface area contributed by atoms with Gasteiger partial charge in [0.15, 0.2) is 0 Å². The molecule has 0 fully saturated rings. The molecule has 2 aliphatic carbocycles. The Labute approximate surface area is 287 Å². The molecule has 0 saturated carbocycles. The molecule has 2 aliphatic rings. The summed E-state index contributed by atoms with van der Waals surface area (Å²) in [6, 6.07) is 27.0. The molecule has 6 rings (SSSR count). The summed E-state index contributed by atoms with van der Waals surface area (Å²) in [6.45, 7) is 6.03. The van der Waals surface area contributed by atoms with E-state index >= 15 is 0 Å². The topological polar surface area (TPSA) is 18.5 Å². The summed E-state index contributed by atoms with van der Waals surface area (Å²) in [7, 11) is 0.